The van der Waals surface area contributed by atoms with Crippen LogP contribution in [0.5, 0.6) is 0 Å². The van der Waals surface area contributed by atoms with E-state index in [4.69, 9.17) is 11.6 Å². The first-order valence-electron chi connectivity index (χ1n) is 5.69. The average molecular weight is 278 g/mol. The third-order valence-electron chi connectivity index (χ3n) is 2.57. The van der Waals surface area contributed by atoms with E-state index in [1.54, 1.807) is 24.4 Å². The molecule has 0 unspecified atom stereocenters. The third-order valence-corrected chi connectivity index (χ3v) is 2.79. The van der Waals surface area contributed by atoms with Gasteiger partial charge in [0.25, 0.3) is 5.69 Å². The summed E-state index contributed by atoms with van der Waals surface area (Å²) in [5.41, 5.74) is 1.98. The molecule has 1 heterocycles. The smallest absolute Gasteiger partial charge is 0.269 e. The summed E-state index contributed by atoms with van der Waals surface area (Å²) in [7, 11) is 0. The Morgan fingerprint density at radius 3 is 2.68 bits per heavy atom. The highest BCUT2D eigenvalue weighted by atomic mass is 35.5. The van der Waals surface area contributed by atoms with Gasteiger partial charge >= 0.3 is 0 Å². The van der Waals surface area contributed by atoms with Gasteiger partial charge in [-0.15, -0.1) is 0 Å². The highest BCUT2D eigenvalue weighted by Crippen LogP contribution is 2.13. The zero-order valence-corrected chi connectivity index (χ0v) is 10.8. The molecule has 0 aliphatic rings. The van der Waals surface area contributed by atoms with E-state index in [0.29, 0.717) is 18.2 Å². The predicted molar refractivity (Wildman–Crippen MR) is 72.9 cm³/mol. The van der Waals surface area contributed by atoms with Crippen molar-refractivity contribution in [2.45, 2.75) is 13.1 Å². The van der Waals surface area contributed by atoms with Crippen LogP contribution in [0.1, 0.15) is 11.1 Å². The fraction of sp³-hybridized carbons (Fsp3) is 0.154. The normalized spacial score (nSPS) is 10.4. The van der Waals surface area contributed by atoms with Crippen LogP contribution < -0.4 is 5.32 Å². The van der Waals surface area contributed by atoms with Gasteiger partial charge in [0.1, 0.15) is 5.15 Å². The van der Waals surface area contributed by atoms with Crippen LogP contribution in [0.25, 0.3) is 0 Å². The number of nitrogens with zero attached hydrogens (tertiary/aromatic N) is 2. The Labute approximate surface area is 115 Å². The molecule has 1 aromatic carbocycles. The number of halogens is 1. The first kappa shape index (κ1) is 13.5. The van der Waals surface area contributed by atoms with E-state index in [-0.39, 0.29) is 5.69 Å². The van der Waals surface area contributed by atoms with Gasteiger partial charge in [-0.3, -0.25) is 10.1 Å². The van der Waals surface area contributed by atoms with Crippen molar-refractivity contribution in [2.24, 2.45) is 0 Å². The summed E-state index contributed by atoms with van der Waals surface area (Å²) < 4.78 is 0. The molecule has 6 heteroatoms. The molecule has 19 heavy (non-hydrogen) atoms. The minimum absolute atomic E-state index is 0.104. The Bertz CT molecular complexity index is 572. The number of nitro benzene ring substituents is 1. The average Bonchev–Trinajstić information content (AvgIpc) is 2.41. The van der Waals surface area contributed by atoms with Crippen molar-refractivity contribution >= 4 is 17.3 Å². The summed E-state index contributed by atoms with van der Waals surface area (Å²) in [4.78, 5) is 14.2. The number of nitrogens with one attached hydrogen (secondary N) is 1. The highest BCUT2D eigenvalue weighted by molar-refractivity contribution is 6.29. The molecular formula is C13H12ClN3O2. The Morgan fingerprint density at radius 2 is 2.00 bits per heavy atom. The van der Waals surface area contributed by atoms with E-state index >= 15 is 0 Å². The van der Waals surface area contributed by atoms with Gasteiger partial charge in [0.15, 0.2) is 0 Å². The minimum atomic E-state index is -0.396. The molecule has 1 N–H and O–H groups in total. The number of rotatable bonds is 5. The van der Waals surface area contributed by atoms with Gasteiger partial charge in [-0.25, -0.2) is 4.98 Å². The van der Waals surface area contributed by atoms with E-state index < -0.39 is 4.92 Å². The molecule has 0 fully saturated rings. The largest absolute Gasteiger partial charge is 0.309 e. The molecule has 0 saturated carbocycles. The van der Waals surface area contributed by atoms with E-state index in [1.165, 1.54) is 6.07 Å². The monoisotopic (exact) mass is 277 g/mol. The van der Waals surface area contributed by atoms with Crippen molar-refractivity contribution in [3.05, 3.63) is 69.0 Å². The number of nitro groups is 1. The van der Waals surface area contributed by atoms with E-state index in [2.05, 4.69) is 10.3 Å². The Hall–Kier alpha value is -1.98. The number of benzene rings is 1. The zero-order valence-electron chi connectivity index (χ0n) is 10.0. The van der Waals surface area contributed by atoms with Crippen molar-refractivity contribution < 1.29 is 4.92 Å². The van der Waals surface area contributed by atoms with Crippen molar-refractivity contribution in [1.82, 2.24) is 10.3 Å². The van der Waals surface area contributed by atoms with Crippen LogP contribution in [0, 0.1) is 10.1 Å². The third kappa shape index (κ3) is 4.01. The molecule has 2 aromatic rings. The maximum absolute atomic E-state index is 10.6. The topological polar surface area (TPSA) is 68.1 Å². The maximum atomic E-state index is 10.6. The van der Waals surface area contributed by atoms with Crippen LogP contribution in [0.15, 0.2) is 42.6 Å². The van der Waals surface area contributed by atoms with Crippen LogP contribution >= 0.6 is 11.6 Å². The number of hydrogen-bond acceptors (Lipinski definition) is 4. The Kier molecular flexibility index (Phi) is 4.43. The van der Waals surface area contributed by atoms with E-state index in [0.717, 1.165) is 11.1 Å². The molecule has 0 aliphatic carbocycles. The van der Waals surface area contributed by atoms with E-state index in [9.17, 15) is 10.1 Å². The molecule has 98 valence electrons. The number of pyridine rings is 1. The number of aromatic nitrogens is 1. The molecule has 5 nitrogen and oxygen atoms in total. The van der Waals surface area contributed by atoms with Gasteiger partial charge in [0, 0.05) is 31.4 Å². The molecule has 0 saturated heterocycles. The fourth-order valence-corrected chi connectivity index (χ4v) is 1.75. The van der Waals surface area contributed by atoms with Gasteiger partial charge < -0.3 is 5.32 Å². The van der Waals surface area contributed by atoms with Gasteiger partial charge in [-0.05, 0) is 17.2 Å². The van der Waals surface area contributed by atoms with Crippen LogP contribution in [0.3, 0.4) is 0 Å². The highest BCUT2D eigenvalue weighted by Gasteiger charge is 2.05. The van der Waals surface area contributed by atoms with Crippen molar-refractivity contribution in [3.63, 3.8) is 0 Å². The number of hydrogen-bond donors (Lipinski definition) is 1. The lowest BCUT2D eigenvalue weighted by Gasteiger charge is -2.05. The second-order valence-electron chi connectivity index (χ2n) is 4.02. The van der Waals surface area contributed by atoms with Crippen LogP contribution in [0.4, 0.5) is 5.69 Å². The van der Waals surface area contributed by atoms with Gasteiger partial charge in [-0.2, -0.15) is 0 Å². The lowest BCUT2D eigenvalue weighted by molar-refractivity contribution is -0.384. The van der Waals surface area contributed by atoms with Gasteiger partial charge in [0.05, 0.1) is 4.92 Å². The standard InChI is InChI=1S/C13H12ClN3O2/c14-13-5-4-11(9-16-13)8-15-7-10-2-1-3-12(6-10)17(18)19/h1-6,9,15H,7-8H2. The lowest BCUT2D eigenvalue weighted by atomic mass is 10.2. The van der Waals surface area contributed by atoms with Gasteiger partial charge in [-0.1, -0.05) is 29.8 Å². The maximum Gasteiger partial charge on any atom is 0.269 e. The molecule has 2 rings (SSSR count). The second kappa shape index (κ2) is 6.26. The lowest BCUT2D eigenvalue weighted by Crippen LogP contribution is -2.12. The quantitative estimate of drug-likeness (QED) is 0.518. The molecule has 1 aromatic heterocycles. The summed E-state index contributed by atoms with van der Waals surface area (Å²) in [5, 5.41) is 14.3. The Morgan fingerprint density at radius 1 is 1.21 bits per heavy atom. The molecule has 0 aliphatic heterocycles. The summed E-state index contributed by atoms with van der Waals surface area (Å²) in [6.45, 7) is 1.19. The Balaban J connectivity index is 1.90. The zero-order chi connectivity index (χ0) is 13.7. The molecular weight excluding hydrogens is 266 g/mol. The molecule has 0 spiro atoms. The molecule has 0 bridgehead atoms. The summed E-state index contributed by atoms with van der Waals surface area (Å²) in [5.74, 6) is 0. The van der Waals surface area contributed by atoms with Crippen molar-refractivity contribution in [3.8, 4) is 0 Å². The summed E-state index contributed by atoms with van der Waals surface area (Å²) in [6.07, 6.45) is 1.70. The van der Waals surface area contributed by atoms with Crippen LogP contribution in [0.2, 0.25) is 5.15 Å². The first-order valence-corrected chi connectivity index (χ1v) is 6.07. The van der Waals surface area contributed by atoms with E-state index in [1.807, 2.05) is 12.1 Å². The first-order chi connectivity index (χ1) is 9.15. The van der Waals surface area contributed by atoms with Crippen molar-refractivity contribution in [2.75, 3.05) is 0 Å². The fourth-order valence-electron chi connectivity index (χ4n) is 1.64. The molecule has 0 amide bonds. The number of non-ortho nitro benzene ring substituents is 1. The minimum Gasteiger partial charge on any atom is -0.309 e. The van der Waals surface area contributed by atoms with Crippen LogP contribution in [-0.4, -0.2) is 9.91 Å². The van der Waals surface area contributed by atoms with Crippen LogP contribution in [-0.2, 0) is 13.1 Å². The van der Waals surface area contributed by atoms with Crippen molar-refractivity contribution in [1.29, 1.82) is 0 Å². The second-order valence-corrected chi connectivity index (χ2v) is 4.41. The molecule has 0 atom stereocenters. The summed E-state index contributed by atoms with van der Waals surface area (Å²) in [6, 6.07) is 10.2. The molecule has 0 radical (unpaired) electrons. The summed E-state index contributed by atoms with van der Waals surface area (Å²) >= 11 is 5.69. The predicted octanol–water partition coefficient (Wildman–Crippen LogP) is 2.93. The SMILES string of the molecule is O=[N+]([O-])c1cccc(CNCc2ccc(Cl)nc2)c1. The van der Waals surface area contributed by atoms with Gasteiger partial charge in [0.2, 0.25) is 0 Å².